The van der Waals surface area contributed by atoms with Crippen LogP contribution in [0.1, 0.15) is 31.4 Å². The minimum Gasteiger partial charge on any atom is -0.373 e. The smallest absolute Gasteiger partial charge is 0.161 e. The second kappa shape index (κ2) is 6.39. The van der Waals surface area contributed by atoms with Crippen molar-refractivity contribution >= 4 is 0 Å². The first kappa shape index (κ1) is 14.3. The standard InChI is InChI=1S/C14H18F3NO/c1-2-4-18-8-9-3-5-19-14(9)10-6-12(16)13(17)7-11(10)15/h6-7,9,14,18H,2-5,8H2,1H3. The topological polar surface area (TPSA) is 21.3 Å². The molecule has 1 fully saturated rings. The van der Waals surface area contributed by atoms with Gasteiger partial charge >= 0.3 is 0 Å². The third kappa shape index (κ3) is 3.28. The highest BCUT2D eigenvalue weighted by molar-refractivity contribution is 5.23. The fourth-order valence-corrected chi connectivity index (χ4v) is 2.41. The Labute approximate surface area is 111 Å². The van der Waals surface area contributed by atoms with Crippen molar-refractivity contribution in [2.75, 3.05) is 19.7 Å². The summed E-state index contributed by atoms with van der Waals surface area (Å²) in [4.78, 5) is 0. The Balaban J connectivity index is 2.13. The van der Waals surface area contributed by atoms with Crippen LogP contribution in [0.5, 0.6) is 0 Å². The third-order valence-electron chi connectivity index (χ3n) is 3.39. The van der Waals surface area contributed by atoms with Crippen molar-refractivity contribution in [2.45, 2.75) is 25.9 Å². The van der Waals surface area contributed by atoms with Crippen LogP contribution in [0.2, 0.25) is 0 Å². The molecule has 0 aliphatic carbocycles. The Hall–Kier alpha value is -1.07. The first-order valence-corrected chi connectivity index (χ1v) is 6.60. The molecule has 5 heteroatoms. The van der Waals surface area contributed by atoms with Gasteiger partial charge in [0.1, 0.15) is 5.82 Å². The van der Waals surface area contributed by atoms with Crippen LogP contribution in [0.4, 0.5) is 13.2 Å². The molecule has 1 aromatic rings. The Bertz CT molecular complexity index is 439. The molecule has 0 saturated carbocycles. The largest absolute Gasteiger partial charge is 0.373 e. The minimum atomic E-state index is -1.17. The van der Waals surface area contributed by atoms with Crippen molar-refractivity contribution in [3.63, 3.8) is 0 Å². The molecule has 1 aliphatic rings. The number of halogens is 3. The van der Waals surface area contributed by atoms with E-state index in [2.05, 4.69) is 12.2 Å². The van der Waals surface area contributed by atoms with Crippen LogP contribution in [0, 0.1) is 23.4 Å². The molecule has 1 saturated heterocycles. The Kier molecular flexibility index (Phi) is 4.82. The van der Waals surface area contributed by atoms with Crippen LogP contribution < -0.4 is 5.32 Å². The summed E-state index contributed by atoms with van der Waals surface area (Å²) in [6.07, 6.45) is 1.30. The van der Waals surface area contributed by atoms with Crippen molar-refractivity contribution in [3.05, 3.63) is 35.1 Å². The molecule has 1 heterocycles. The van der Waals surface area contributed by atoms with Crippen molar-refractivity contribution in [1.82, 2.24) is 5.32 Å². The summed E-state index contributed by atoms with van der Waals surface area (Å²) in [6.45, 7) is 4.15. The highest BCUT2D eigenvalue weighted by Crippen LogP contribution is 2.36. The molecule has 2 nitrogen and oxygen atoms in total. The summed E-state index contributed by atoms with van der Waals surface area (Å²) >= 11 is 0. The van der Waals surface area contributed by atoms with Crippen LogP contribution in [0.15, 0.2) is 12.1 Å². The quantitative estimate of drug-likeness (QED) is 0.657. The number of nitrogens with one attached hydrogen (secondary N) is 1. The van der Waals surface area contributed by atoms with E-state index in [1.54, 1.807) is 0 Å². The molecule has 0 spiro atoms. The SMILES string of the molecule is CCCNCC1CCOC1c1cc(F)c(F)cc1F. The maximum absolute atomic E-state index is 13.7. The number of benzene rings is 1. The number of hydrogen-bond donors (Lipinski definition) is 1. The minimum absolute atomic E-state index is 0.0888. The van der Waals surface area contributed by atoms with E-state index < -0.39 is 23.6 Å². The van der Waals surface area contributed by atoms with Gasteiger partial charge in [-0.3, -0.25) is 0 Å². The van der Waals surface area contributed by atoms with E-state index in [4.69, 9.17) is 4.74 Å². The predicted molar refractivity (Wildman–Crippen MR) is 66.3 cm³/mol. The first-order valence-electron chi connectivity index (χ1n) is 6.60. The molecule has 2 atom stereocenters. The van der Waals surface area contributed by atoms with Crippen molar-refractivity contribution in [2.24, 2.45) is 5.92 Å². The van der Waals surface area contributed by atoms with Gasteiger partial charge < -0.3 is 10.1 Å². The van der Waals surface area contributed by atoms with Gasteiger partial charge in [-0.1, -0.05) is 6.92 Å². The van der Waals surface area contributed by atoms with Crippen molar-refractivity contribution in [3.8, 4) is 0 Å². The molecule has 106 valence electrons. The first-order chi connectivity index (χ1) is 9.13. The second-order valence-corrected chi connectivity index (χ2v) is 4.83. The van der Waals surface area contributed by atoms with E-state index in [1.165, 1.54) is 0 Å². The van der Waals surface area contributed by atoms with E-state index in [9.17, 15) is 13.2 Å². The average molecular weight is 273 g/mol. The van der Waals surface area contributed by atoms with Gasteiger partial charge in [0, 0.05) is 30.7 Å². The molecule has 0 bridgehead atoms. The van der Waals surface area contributed by atoms with Crippen LogP contribution >= 0.6 is 0 Å². The third-order valence-corrected chi connectivity index (χ3v) is 3.39. The summed E-state index contributed by atoms with van der Waals surface area (Å²) in [6, 6.07) is 1.50. The van der Waals surface area contributed by atoms with Crippen LogP contribution in [0.25, 0.3) is 0 Å². The maximum atomic E-state index is 13.7. The fraction of sp³-hybridized carbons (Fsp3) is 0.571. The van der Waals surface area contributed by atoms with Crippen molar-refractivity contribution in [1.29, 1.82) is 0 Å². The highest BCUT2D eigenvalue weighted by atomic mass is 19.2. The van der Waals surface area contributed by atoms with E-state index >= 15 is 0 Å². The van der Waals surface area contributed by atoms with E-state index in [0.29, 0.717) is 19.2 Å². The highest BCUT2D eigenvalue weighted by Gasteiger charge is 2.32. The lowest BCUT2D eigenvalue weighted by Crippen LogP contribution is -2.26. The monoisotopic (exact) mass is 273 g/mol. The molecule has 0 radical (unpaired) electrons. The Morgan fingerprint density at radius 2 is 1.95 bits per heavy atom. The molecule has 1 N–H and O–H groups in total. The normalized spacial score (nSPS) is 22.9. The van der Waals surface area contributed by atoms with E-state index in [0.717, 1.165) is 25.5 Å². The van der Waals surface area contributed by atoms with Gasteiger partial charge in [-0.05, 0) is 25.5 Å². The molecule has 2 rings (SSSR count). The molecular weight excluding hydrogens is 255 g/mol. The summed E-state index contributed by atoms with van der Waals surface area (Å²) in [7, 11) is 0. The maximum Gasteiger partial charge on any atom is 0.161 e. The second-order valence-electron chi connectivity index (χ2n) is 4.83. The van der Waals surface area contributed by atoms with Gasteiger partial charge in [0.15, 0.2) is 11.6 Å². The lowest BCUT2D eigenvalue weighted by atomic mass is 9.94. The van der Waals surface area contributed by atoms with Crippen molar-refractivity contribution < 1.29 is 17.9 Å². The van der Waals surface area contributed by atoms with Gasteiger partial charge in [-0.25, -0.2) is 13.2 Å². The zero-order chi connectivity index (χ0) is 13.8. The van der Waals surface area contributed by atoms with Gasteiger partial charge in [0.2, 0.25) is 0 Å². The van der Waals surface area contributed by atoms with Crippen LogP contribution in [-0.2, 0) is 4.74 Å². The summed E-state index contributed by atoms with van der Waals surface area (Å²) in [5, 5.41) is 3.25. The molecular formula is C14H18F3NO. The lowest BCUT2D eigenvalue weighted by Gasteiger charge is -2.20. The van der Waals surface area contributed by atoms with Gasteiger partial charge in [0.25, 0.3) is 0 Å². The number of hydrogen-bond acceptors (Lipinski definition) is 2. The Morgan fingerprint density at radius 3 is 2.68 bits per heavy atom. The van der Waals surface area contributed by atoms with E-state index in [1.807, 2.05) is 0 Å². The summed E-state index contributed by atoms with van der Waals surface area (Å²) in [5.74, 6) is -2.86. The molecule has 1 aromatic carbocycles. The molecule has 0 amide bonds. The lowest BCUT2D eigenvalue weighted by molar-refractivity contribution is 0.0870. The summed E-state index contributed by atoms with van der Waals surface area (Å²) in [5.41, 5.74) is 0.111. The van der Waals surface area contributed by atoms with Crippen LogP contribution in [-0.4, -0.2) is 19.7 Å². The van der Waals surface area contributed by atoms with Crippen LogP contribution in [0.3, 0.4) is 0 Å². The molecule has 0 aromatic heterocycles. The van der Waals surface area contributed by atoms with Gasteiger partial charge in [-0.15, -0.1) is 0 Å². The number of ether oxygens (including phenoxy) is 1. The zero-order valence-corrected chi connectivity index (χ0v) is 10.9. The fourth-order valence-electron chi connectivity index (χ4n) is 2.41. The molecule has 2 unspecified atom stereocenters. The zero-order valence-electron chi connectivity index (χ0n) is 10.9. The summed E-state index contributed by atoms with van der Waals surface area (Å²) < 4.78 is 45.4. The van der Waals surface area contributed by atoms with Gasteiger partial charge in [-0.2, -0.15) is 0 Å². The van der Waals surface area contributed by atoms with Gasteiger partial charge in [0.05, 0.1) is 6.10 Å². The number of rotatable bonds is 5. The average Bonchev–Trinajstić information content (AvgIpc) is 2.82. The predicted octanol–water partition coefficient (Wildman–Crippen LogP) is 3.18. The molecule has 1 aliphatic heterocycles. The Morgan fingerprint density at radius 1 is 1.21 bits per heavy atom. The van der Waals surface area contributed by atoms with E-state index in [-0.39, 0.29) is 11.5 Å². The molecule has 19 heavy (non-hydrogen) atoms.